The highest BCUT2D eigenvalue weighted by atomic mass is 35.5. The second-order valence-electron chi connectivity index (χ2n) is 5.60. The number of aryl methyl sites for hydroxylation is 2. The van der Waals surface area contributed by atoms with Crippen LogP contribution in [-0.2, 0) is 11.2 Å². The molecule has 0 atom stereocenters. The van der Waals surface area contributed by atoms with Gasteiger partial charge in [0.2, 0.25) is 5.91 Å². The van der Waals surface area contributed by atoms with Gasteiger partial charge in [0.25, 0.3) is 0 Å². The highest BCUT2D eigenvalue weighted by molar-refractivity contribution is 6.33. The Hall–Kier alpha value is -2.00. The van der Waals surface area contributed by atoms with Gasteiger partial charge in [-0.3, -0.25) is 4.79 Å². The maximum atomic E-state index is 12.0. The smallest absolute Gasteiger partial charge is 0.224 e. The van der Waals surface area contributed by atoms with Crippen LogP contribution in [0.1, 0.15) is 17.5 Å². The first-order chi connectivity index (χ1) is 10.5. The molecule has 0 saturated heterocycles. The van der Waals surface area contributed by atoms with E-state index >= 15 is 0 Å². The quantitative estimate of drug-likeness (QED) is 0.892. The van der Waals surface area contributed by atoms with Crippen molar-refractivity contribution in [3.8, 4) is 0 Å². The van der Waals surface area contributed by atoms with Gasteiger partial charge in [-0.25, -0.2) is 0 Å². The minimum Gasteiger partial charge on any atom is -0.376 e. The van der Waals surface area contributed by atoms with Gasteiger partial charge in [-0.05, 0) is 37.1 Å². The van der Waals surface area contributed by atoms with Gasteiger partial charge < -0.3 is 10.2 Å². The Bertz CT molecular complexity index is 668. The van der Waals surface area contributed by atoms with E-state index < -0.39 is 0 Å². The van der Waals surface area contributed by atoms with Crippen molar-refractivity contribution in [3.05, 3.63) is 58.6 Å². The van der Waals surface area contributed by atoms with Gasteiger partial charge in [0, 0.05) is 26.2 Å². The minimum atomic E-state index is -0.00447. The minimum absolute atomic E-state index is 0.00447. The Kier molecular flexibility index (Phi) is 5.45. The third-order valence-corrected chi connectivity index (χ3v) is 3.74. The van der Waals surface area contributed by atoms with Gasteiger partial charge in [-0.1, -0.05) is 41.4 Å². The molecule has 0 radical (unpaired) electrons. The lowest BCUT2D eigenvalue weighted by atomic mass is 10.1. The molecule has 3 nitrogen and oxygen atoms in total. The van der Waals surface area contributed by atoms with Crippen molar-refractivity contribution >= 4 is 28.9 Å². The SMILES string of the molecule is Cc1cccc(CCC(=O)Nc2ccc(N(C)C)c(Cl)c2)c1. The van der Waals surface area contributed by atoms with Crippen molar-refractivity contribution < 1.29 is 4.79 Å². The number of carbonyl (C=O) groups is 1. The Balaban J connectivity index is 1.93. The largest absolute Gasteiger partial charge is 0.376 e. The van der Waals surface area contributed by atoms with E-state index in [1.54, 1.807) is 6.07 Å². The van der Waals surface area contributed by atoms with Crippen LogP contribution in [0.4, 0.5) is 11.4 Å². The first kappa shape index (κ1) is 16.4. The van der Waals surface area contributed by atoms with Gasteiger partial charge in [0.1, 0.15) is 0 Å². The average molecular weight is 317 g/mol. The molecule has 0 aromatic heterocycles. The number of nitrogens with zero attached hydrogens (tertiary/aromatic N) is 1. The fourth-order valence-electron chi connectivity index (χ4n) is 2.30. The molecule has 0 heterocycles. The molecule has 22 heavy (non-hydrogen) atoms. The summed E-state index contributed by atoms with van der Waals surface area (Å²) in [5.74, 6) is -0.00447. The summed E-state index contributed by atoms with van der Waals surface area (Å²) in [6, 6.07) is 13.8. The molecule has 0 saturated carbocycles. The number of anilines is 2. The van der Waals surface area contributed by atoms with Crippen molar-refractivity contribution in [1.29, 1.82) is 0 Å². The van der Waals surface area contributed by atoms with Gasteiger partial charge in [-0.2, -0.15) is 0 Å². The number of hydrogen-bond donors (Lipinski definition) is 1. The Labute approximate surface area is 136 Å². The van der Waals surface area contributed by atoms with Gasteiger partial charge in [-0.15, -0.1) is 0 Å². The highest BCUT2D eigenvalue weighted by Crippen LogP contribution is 2.27. The summed E-state index contributed by atoms with van der Waals surface area (Å²) in [6.45, 7) is 2.05. The molecule has 1 N–H and O–H groups in total. The van der Waals surface area contributed by atoms with Gasteiger partial charge in [0.05, 0.1) is 10.7 Å². The topological polar surface area (TPSA) is 32.3 Å². The van der Waals surface area contributed by atoms with E-state index in [1.165, 1.54) is 11.1 Å². The molecule has 0 spiro atoms. The van der Waals surface area contributed by atoms with Crippen molar-refractivity contribution in [3.63, 3.8) is 0 Å². The van der Waals surface area contributed by atoms with Crippen molar-refractivity contribution in [2.45, 2.75) is 19.8 Å². The third-order valence-electron chi connectivity index (χ3n) is 3.44. The summed E-state index contributed by atoms with van der Waals surface area (Å²) >= 11 is 6.21. The van der Waals surface area contributed by atoms with Crippen molar-refractivity contribution in [2.75, 3.05) is 24.3 Å². The fourth-order valence-corrected chi connectivity index (χ4v) is 2.65. The molecule has 0 bridgehead atoms. The number of benzene rings is 2. The third kappa shape index (κ3) is 4.50. The second kappa shape index (κ2) is 7.32. The molecule has 0 fully saturated rings. The van der Waals surface area contributed by atoms with E-state index in [4.69, 9.17) is 11.6 Å². The molecule has 2 aromatic carbocycles. The molecule has 0 aliphatic carbocycles. The van der Waals surface area contributed by atoms with Crippen LogP contribution < -0.4 is 10.2 Å². The van der Waals surface area contributed by atoms with E-state index in [0.29, 0.717) is 11.4 Å². The zero-order valence-corrected chi connectivity index (χ0v) is 13.9. The van der Waals surface area contributed by atoms with E-state index in [2.05, 4.69) is 24.4 Å². The van der Waals surface area contributed by atoms with E-state index in [-0.39, 0.29) is 5.91 Å². The molecule has 4 heteroatoms. The molecule has 0 unspecified atom stereocenters. The van der Waals surface area contributed by atoms with Crippen LogP contribution >= 0.6 is 11.6 Å². The Morgan fingerprint density at radius 1 is 1.18 bits per heavy atom. The zero-order chi connectivity index (χ0) is 16.1. The molecule has 1 amide bonds. The van der Waals surface area contributed by atoms with E-state index in [0.717, 1.165) is 17.8 Å². The first-order valence-electron chi connectivity index (χ1n) is 7.28. The summed E-state index contributed by atoms with van der Waals surface area (Å²) in [7, 11) is 3.86. The van der Waals surface area contributed by atoms with Crippen LogP contribution in [-0.4, -0.2) is 20.0 Å². The van der Waals surface area contributed by atoms with E-state index in [1.807, 2.05) is 43.3 Å². The monoisotopic (exact) mass is 316 g/mol. The number of rotatable bonds is 5. The summed E-state index contributed by atoms with van der Waals surface area (Å²) in [5.41, 5.74) is 4.05. The summed E-state index contributed by atoms with van der Waals surface area (Å²) < 4.78 is 0. The molecule has 0 aliphatic rings. The van der Waals surface area contributed by atoms with Gasteiger partial charge >= 0.3 is 0 Å². The Morgan fingerprint density at radius 2 is 1.95 bits per heavy atom. The van der Waals surface area contributed by atoms with Crippen LogP contribution in [0, 0.1) is 6.92 Å². The van der Waals surface area contributed by atoms with E-state index in [9.17, 15) is 4.79 Å². The zero-order valence-electron chi connectivity index (χ0n) is 13.2. The van der Waals surface area contributed by atoms with Crippen LogP contribution in [0.15, 0.2) is 42.5 Å². The normalized spacial score (nSPS) is 10.4. The number of nitrogens with one attached hydrogen (secondary N) is 1. The number of amides is 1. The molecular weight excluding hydrogens is 296 g/mol. The van der Waals surface area contributed by atoms with Crippen LogP contribution in [0.25, 0.3) is 0 Å². The number of halogens is 1. The Morgan fingerprint density at radius 3 is 2.59 bits per heavy atom. The number of carbonyl (C=O) groups excluding carboxylic acids is 1. The average Bonchev–Trinajstić information content (AvgIpc) is 2.45. The molecule has 0 aliphatic heterocycles. The molecule has 116 valence electrons. The number of hydrogen-bond acceptors (Lipinski definition) is 2. The maximum Gasteiger partial charge on any atom is 0.224 e. The maximum absolute atomic E-state index is 12.0. The second-order valence-corrected chi connectivity index (χ2v) is 6.01. The fraction of sp³-hybridized carbons (Fsp3) is 0.278. The summed E-state index contributed by atoms with van der Waals surface area (Å²) in [5, 5.41) is 3.52. The molecule has 2 aromatic rings. The van der Waals surface area contributed by atoms with Crippen LogP contribution in [0.3, 0.4) is 0 Å². The summed E-state index contributed by atoms with van der Waals surface area (Å²) in [4.78, 5) is 14.0. The first-order valence-corrected chi connectivity index (χ1v) is 7.66. The van der Waals surface area contributed by atoms with Gasteiger partial charge in [0.15, 0.2) is 0 Å². The lowest BCUT2D eigenvalue weighted by molar-refractivity contribution is -0.116. The molecular formula is C18H21ClN2O. The predicted molar refractivity (Wildman–Crippen MR) is 93.9 cm³/mol. The summed E-state index contributed by atoms with van der Waals surface area (Å²) in [6.07, 6.45) is 1.19. The van der Waals surface area contributed by atoms with Crippen molar-refractivity contribution in [1.82, 2.24) is 0 Å². The van der Waals surface area contributed by atoms with Crippen molar-refractivity contribution in [2.24, 2.45) is 0 Å². The highest BCUT2D eigenvalue weighted by Gasteiger charge is 2.07. The predicted octanol–water partition coefficient (Wildman–Crippen LogP) is 4.29. The standard InChI is InChI=1S/C18H21ClN2O/c1-13-5-4-6-14(11-13)7-10-18(22)20-15-8-9-17(21(2)3)16(19)12-15/h4-6,8-9,11-12H,7,10H2,1-3H3,(H,20,22). The van der Waals surface area contributed by atoms with Crippen LogP contribution in [0.5, 0.6) is 0 Å². The van der Waals surface area contributed by atoms with Crippen LogP contribution in [0.2, 0.25) is 5.02 Å². The lowest BCUT2D eigenvalue weighted by Crippen LogP contribution is -2.13. The molecule has 2 rings (SSSR count). The lowest BCUT2D eigenvalue weighted by Gasteiger charge is -2.15.